The summed E-state index contributed by atoms with van der Waals surface area (Å²) in [6.07, 6.45) is 7.30. The van der Waals surface area contributed by atoms with Gasteiger partial charge in [0.2, 0.25) is 17.7 Å². The van der Waals surface area contributed by atoms with Gasteiger partial charge < -0.3 is 29.3 Å². The summed E-state index contributed by atoms with van der Waals surface area (Å²) in [4.78, 5) is 49.7. The van der Waals surface area contributed by atoms with E-state index in [1.165, 1.54) is 0 Å². The van der Waals surface area contributed by atoms with E-state index in [0.717, 1.165) is 25.3 Å². The number of hydrogen-bond donors (Lipinski definition) is 1. The minimum atomic E-state index is -1.24. The van der Waals surface area contributed by atoms with Crippen LogP contribution in [0.3, 0.4) is 0 Å². The number of morpholine rings is 1. The van der Waals surface area contributed by atoms with E-state index >= 15 is 0 Å². The van der Waals surface area contributed by atoms with Gasteiger partial charge in [0.15, 0.2) is 0 Å². The largest absolute Gasteiger partial charge is 0.396 e. The maximum Gasteiger partial charge on any atom is 0.249 e. The van der Waals surface area contributed by atoms with E-state index in [9.17, 15) is 19.5 Å². The first-order valence-corrected chi connectivity index (χ1v) is 13.9. The van der Waals surface area contributed by atoms with Crippen molar-refractivity contribution in [2.24, 2.45) is 11.8 Å². The lowest BCUT2D eigenvalue weighted by atomic mass is 9.77. The van der Waals surface area contributed by atoms with Gasteiger partial charge in [-0.3, -0.25) is 19.3 Å². The SMILES string of the molecule is O=C1C2N(CCCO)C(=O)[C@@H]3[C@@H]4C(=O)N(c5ccccc5)CC=C[C@@H]4O[C@]23C=CCN1CCN1CCOCC1. The zero-order valence-corrected chi connectivity index (χ0v) is 22.1. The summed E-state index contributed by atoms with van der Waals surface area (Å²) < 4.78 is 12.1. The molecule has 0 saturated carbocycles. The lowest BCUT2D eigenvalue weighted by Crippen LogP contribution is -2.56. The van der Waals surface area contributed by atoms with Gasteiger partial charge in [-0.2, -0.15) is 0 Å². The number of aliphatic hydroxyl groups excluding tert-OH is 1. The fourth-order valence-corrected chi connectivity index (χ4v) is 6.79. The van der Waals surface area contributed by atoms with Crippen LogP contribution in [0.4, 0.5) is 5.69 Å². The van der Waals surface area contributed by atoms with E-state index in [-0.39, 0.29) is 30.9 Å². The molecule has 1 aromatic carbocycles. The van der Waals surface area contributed by atoms with Gasteiger partial charge in [-0.1, -0.05) is 42.5 Å². The average Bonchev–Trinajstić information content (AvgIpc) is 3.27. The predicted octanol–water partition coefficient (Wildman–Crippen LogP) is 0.283. The Bertz CT molecular complexity index is 1150. The topological polar surface area (TPSA) is 103 Å². The van der Waals surface area contributed by atoms with E-state index in [0.29, 0.717) is 39.3 Å². The van der Waals surface area contributed by atoms with E-state index < -0.39 is 29.6 Å². The zero-order valence-electron chi connectivity index (χ0n) is 22.1. The van der Waals surface area contributed by atoms with Crippen molar-refractivity contribution in [1.29, 1.82) is 0 Å². The number of fused-ring (bicyclic) bond motifs is 2. The minimum Gasteiger partial charge on any atom is -0.396 e. The van der Waals surface area contributed by atoms with Crippen molar-refractivity contribution >= 4 is 23.4 Å². The number of anilines is 1. The molecular weight excluding hydrogens is 500 g/mol. The molecule has 39 heavy (non-hydrogen) atoms. The van der Waals surface area contributed by atoms with Crippen molar-refractivity contribution in [2.45, 2.75) is 24.2 Å². The zero-order chi connectivity index (χ0) is 27.0. The summed E-state index contributed by atoms with van der Waals surface area (Å²) in [6.45, 7) is 5.18. The monoisotopic (exact) mass is 536 g/mol. The summed E-state index contributed by atoms with van der Waals surface area (Å²) >= 11 is 0. The molecule has 1 unspecified atom stereocenters. The number of nitrogens with zero attached hydrogens (tertiary/aromatic N) is 4. The van der Waals surface area contributed by atoms with Crippen LogP contribution in [-0.4, -0.2) is 121 Å². The van der Waals surface area contributed by atoms with Gasteiger partial charge in [0, 0.05) is 58.1 Å². The molecule has 10 nitrogen and oxygen atoms in total. The lowest BCUT2D eigenvalue weighted by Gasteiger charge is -2.36. The highest BCUT2D eigenvalue weighted by molar-refractivity contribution is 6.03. The van der Waals surface area contributed by atoms with Gasteiger partial charge in [-0.25, -0.2) is 0 Å². The first-order chi connectivity index (χ1) is 19.0. The maximum atomic E-state index is 14.2. The molecule has 5 atom stereocenters. The smallest absolute Gasteiger partial charge is 0.249 e. The summed E-state index contributed by atoms with van der Waals surface area (Å²) in [5.41, 5.74) is -0.485. The van der Waals surface area contributed by atoms with Crippen LogP contribution in [0.25, 0.3) is 0 Å². The number of rotatable bonds is 7. The van der Waals surface area contributed by atoms with Gasteiger partial charge in [0.1, 0.15) is 11.6 Å². The molecule has 0 bridgehead atoms. The Hall–Kier alpha value is -3.05. The Morgan fingerprint density at radius 2 is 1.72 bits per heavy atom. The van der Waals surface area contributed by atoms with Gasteiger partial charge in [0.25, 0.3) is 0 Å². The molecule has 3 saturated heterocycles. The third-order valence-corrected chi connectivity index (χ3v) is 8.66. The summed E-state index contributed by atoms with van der Waals surface area (Å²) in [6, 6.07) is 8.54. The molecule has 5 heterocycles. The first kappa shape index (κ1) is 26.2. The van der Waals surface area contributed by atoms with Crippen LogP contribution >= 0.6 is 0 Å². The minimum absolute atomic E-state index is 0.102. The summed E-state index contributed by atoms with van der Waals surface area (Å²) in [7, 11) is 0. The molecular formula is C29H36N4O6. The third-order valence-electron chi connectivity index (χ3n) is 8.66. The number of likely N-dealkylation sites (tertiary alicyclic amines) is 1. The van der Waals surface area contributed by atoms with E-state index in [1.54, 1.807) is 14.7 Å². The Labute approximate surface area is 228 Å². The highest BCUT2D eigenvalue weighted by atomic mass is 16.5. The molecule has 10 heteroatoms. The molecule has 6 rings (SSSR count). The molecule has 1 N–H and O–H groups in total. The van der Waals surface area contributed by atoms with E-state index in [2.05, 4.69) is 4.90 Å². The Kier molecular flexibility index (Phi) is 7.28. The Balaban J connectivity index is 1.33. The standard InChI is InChI=1S/C29H36N4O6/c34-18-6-13-33-25-28(37)31(15-14-30-16-19-38-20-17-30)11-5-10-29(25)24(27(33)36)23-22(39-29)9-4-12-32(26(23)35)21-7-2-1-3-8-21/h1-5,7-10,22-25,34H,6,11-20H2/t22-,23+,24-,25?,29-/m0/s1. The molecule has 3 fully saturated rings. The molecule has 3 amide bonds. The first-order valence-electron chi connectivity index (χ1n) is 13.9. The van der Waals surface area contributed by atoms with Crippen molar-refractivity contribution in [2.75, 3.05) is 70.5 Å². The maximum absolute atomic E-state index is 14.2. The van der Waals surface area contributed by atoms with Crippen molar-refractivity contribution in [3.05, 3.63) is 54.6 Å². The number of carbonyl (C=O) groups is 3. The number of ether oxygens (including phenoxy) is 2. The molecule has 208 valence electrons. The average molecular weight is 537 g/mol. The van der Waals surface area contributed by atoms with Crippen LogP contribution in [0.15, 0.2) is 54.6 Å². The molecule has 0 aliphatic carbocycles. The predicted molar refractivity (Wildman–Crippen MR) is 143 cm³/mol. The highest BCUT2D eigenvalue weighted by Gasteiger charge is 2.71. The van der Waals surface area contributed by atoms with Gasteiger partial charge in [-0.05, 0) is 18.6 Å². The van der Waals surface area contributed by atoms with Crippen LogP contribution in [0.2, 0.25) is 0 Å². The Morgan fingerprint density at radius 1 is 0.923 bits per heavy atom. The van der Waals surface area contributed by atoms with Crippen molar-refractivity contribution in [3.8, 4) is 0 Å². The molecule has 1 spiro atoms. The second kappa shape index (κ2) is 10.8. The fourth-order valence-electron chi connectivity index (χ4n) is 6.79. The van der Waals surface area contributed by atoms with Gasteiger partial charge >= 0.3 is 0 Å². The van der Waals surface area contributed by atoms with Crippen molar-refractivity contribution in [3.63, 3.8) is 0 Å². The van der Waals surface area contributed by atoms with Crippen LogP contribution in [-0.2, 0) is 23.9 Å². The number of aliphatic hydroxyl groups is 1. The van der Waals surface area contributed by atoms with Crippen LogP contribution in [0.5, 0.6) is 0 Å². The molecule has 1 aromatic rings. The second-order valence-corrected chi connectivity index (χ2v) is 10.8. The Morgan fingerprint density at radius 3 is 2.49 bits per heavy atom. The fraction of sp³-hybridized carbons (Fsp3) is 0.552. The number of benzene rings is 1. The number of para-hydroxylation sites is 1. The number of amides is 3. The van der Waals surface area contributed by atoms with Crippen molar-refractivity contribution in [1.82, 2.24) is 14.7 Å². The highest BCUT2D eigenvalue weighted by Crippen LogP contribution is 2.53. The van der Waals surface area contributed by atoms with E-state index in [4.69, 9.17) is 9.47 Å². The van der Waals surface area contributed by atoms with Crippen molar-refractivity contribution < 1.29 is 29.0 Å². The molecule has 5 aliphatic rings. The van der Waals surface area contributed by atoms with Crippen LogP contribution in [0, 0.1) is 11.8 Å². The van der Waals surface area contributed by atoms with Crippen LogP contribution in [0.1, 0.15) is 6.42 Å². The number of hydrogen-bond acceptors (Lipinski definition) is 7. The molecule has 0 radical (unpaired) electrons. The molecule has 5 aliphatic heterocycles. The quantitative estimate of drug-likeness (QED) is 0.500. The number of carbonyl (C=O) groups excluding carboxylic acids is 3. The second-order valence-electron chi connectivity index (χ2n) is 10.8. The molecule has 0 aromatic heterocycles. The normalized spacial score (nSPS) is 32.7. The third kappa shape index (κ3) is 4.49. The van der Waals surface area contributed by atoms with Gasteiger partial charge in [-0.15, -0.1) is 0 Å². The van der Waals surface area contributed by atoms with E-state index in [1.807, 2.05) is 54.6 Å². The van der Waals surface area contributed by atoms with Gasteiger partial charge in [0.05, 0.1) is 31.2 Å². The van der Waals surface area contributed by atoms with Crippen LogP contribution < -0.4 is 4.90 Å². The summed E-state index contributed by atoms with van der Waals surface area (Å²) in [5, 5.41) is 9.58. The lowest BCUT2D eigenvalue weighted by molar-refractivity contribution is -0.147. The summed E-state index contributed by atoms with van der Waals surface area (Å²) in [5.74, 6) is -2.19.